The van der Waals surface area contributed by atoms with Crippen LogP contribution < -0.4 is 0 Å². The van der Waals surface area contributed by atoms with E-state index >= 15 is 0 Å². The molecule has 0 N–H and O–H groups in total. The van der Waals surface area contributed by atoms with Crippen molar-refractivity contribution in [3.8, 4) is 0 Å². The van der Waals surface area contributed by atoms with Crippen LogP contribution in [0.1, 0.15) is 23.6 Å². The topological polar surface area (TPSA) is 40.6 Å². The molecule has 8 heteroatoms. The third kappa shape index (κ3) is 3.42. The standard InChI is InChI=1S/C17H17ClF2N2O2S/c1-21(11-13-14(18)6-4-8-16(13)20)25(23,24)22-10-9-17(22)12-5-2-3-7-15(12)19/h2-8,17H,9-11H2,1H3/t17-/m0/s1. The molecule has 0 spiro atoms. The molecule has 2 aromatic carbocycles. The summed E-state index contributed by atoms with van der Waals surface area (Å²) in [6.07, 6.45) is 0.536. The summed E-state index contributed by atoms with van der Waals surface area (Å²) >= 11 is 5.97. The normalized spacial score (nSPS) is 18.4. The average Bonchev–Trinajstić information content (AvgIpc) is 2.51. The molecule has 1 fully saturated rings. The van der Waals surface area contributed by atoms with Gasteiger partial charge in [-0.05, 0) is 24.6 Å². The first kappa shape index (κ1) is 18.3. The van der Waals surface area contributed by atoms with Crippen molar-refractivity contribution in [2.45, 2.75) is 19.0 Å². The summed E-state index contributed by atoms with van der Waals surface area (Å²) in [5, 5.41) is 0.163. The van der Waals surface area contributed by atoms with E-state index in [-0.39, 0.29) is 23.7 Å². The second kappa shape index (κ2) is 6.99. The van der Waals surface area contributed by atoms with E-state index in [4.69, 9.17) is 11.6 Å². The molecule has 3 rings (SSSR count). The third-order valence-corrected chi connectivity index (χ3v) is 6.67. The Kier molecular flexibility index (Phi) is 5.11. The lowest BCUT2D eigenvalue weighted by Crippen LogP contribution is -2.50. The second-order valence-corrected chi connectivity index (χ2v) is 8.30. The van der Waals surface area contributed by atoms with Gasteiger partial charge in [0.1, 0.15) is 11.6 Å². The van der Waals surface area contributed by atoms with Gasteiger partial charge in [0.05, 0.1) is 6.04 Å². The Morgan fingerprint density at radius 1 is 1.16 bits per heavy atom. The van der Waals surface area contributed by atoms with Gasteiger partial charge in [-0.2, -0.15) is 17.0 Å². The van der Waals surface area contributed by atoms with E-state index < -0.39 is 27.9 Å². The minimum atomic E-state index is -3.87. The minimum Gasteiger partial charge on any atom is -0.207 e. The molecule has 4 nitrogen and oxygen atoms in total. The zero-order valence-corrected chi connectivity index (χ0v) is 15.1. The summed E-state index contributed by atoms with van der Waals surface area (Å²) in [6, 6.07) is 9.76. The number of nitrogens with zero attached hydrogens (tertiary/aromatic N) is 2. The molecular weight excluding hydrogens is 370 g/mol. The Labute approximate surface area is 150 Å². The molecule has 1 atom stereocenters. The molecule has 134 valence electrons. The number of hydrogen-bond acceptors (Lipinski definition) is 2. The van der Waals surface area contributed by atoms with E-state index in [0.29, 0.717) is 12.0 Å². The van der Waals surface area contributed by atoms with Crippen molar-refractivity contribution in [3.05, 3.63) is 70.2 Å². The lowest BCUT2D eigenvalue weighted by atomic mass is 9.97. The second-order valence-electron chi connectivity index (χ2n) is 5.90. The van der Waals surface area contributed by atoms with Gasteiger partial charge in [-0.15, -0.1) is 0 Å². The van der Waals surface area contributed by atoms with Gasteiger partial charge >= 0.3 is 0 Å². The van der Waals surface area contributed by atoms with Gasteiger partial charge < -0.3 is 0 Å². The fraction of sp³-hybridized carbons (Fsp3) is 0.294. The van der Waals surface area contributed by atoms with Crippen LogP contribution in [0.25, 0.3) is 0 Å². The Hall–Kier alpha value is -1.54. The van der Waals surface area contributed by atoms with E-state index in [2.05, 4.69) is 0 Å². The molecule has 1 heterocycles. The highest BCUT2D eigenvalue weighted by Gasteiger charge is 2.41. The van der Waals surface area contributed by atoms with Crippen LogP contribution in [-0.2, 0) is 16.8 Å². The summed E-state index contributed by atoms with van der Waals surface area (Å²) in [5.41, 5.74) is 0.452. The van der Waals surface area contributed by atoms with E-state index in [1.54, 1.807) is 18.2 Å². The van der Waals surface area contributed by atoms with E-state index in [1.807, 2.05) is 0 Å². The predicted octanol–water partition coefficient (Wildman–Crippen LogP) is 3.74. The highest BCUT2D eigenvalue weighted by Crippen LogP contribution is 2.38. The minimum absolute atomic E-state index is 0.109. The largest absolute Gasteiger partial charge is 0.282 e. The van der Waals surface area contributed by atoms with Crippen LogP contribution in [0.5, 0.6) is 0 Å². The lowest BCUT2D eigenvalue weighted by Gasteiger charge is -2.41. The Morgan fingerprint density at radius 2 is 1.84 bits per heavy atom. The molecule has 1 saturated heterocycles. The Morgan fingerprint density at radius 3 is 2.44 bits per heavy atom. The summed E-state index contributed by atoms with van der Waals surface area (Å²) in [5.74, 6) is -1.00. The SMILES string of the molecule is CN(Cc1c(F)cccc1Cl)S(=O)(=O)N1CC[C@H]1c1ccccc1F. The van der Waals surface area contributed by atoms with E-state index in [1.165, 1.54) is 35.6 Å². The monoisotopic (exact) mass is 386 g/mol. The highest BCUT2D eigenvalue weighted by atomic mass is 35.5. The molecule has 25 heavy (non-hydrogen) atoms. The van der Waals surface area contributed by atoms with Crippen LogP contribution in [-0.4, -0.2) is 30.6 Å². The van der Waals surface area contributed by atoms with Crippen molar-refractivity contribution in [1.29, 1.82) is 0 Å². The van der Waals surface area contributed by atoms with Gasteiger partial charge in [0.2, 0.25) is 0 Å². The molecule has 0 radical (unpaired) electrons. The smallest absolute Gasteiger partial charge is 0.207 e. The molecule has 0 unspecified atom stereocenters. The molecule has 0 amide bonds. The first-order valence-corrected chi connectivity index (χ1v) is 9.50. The summed E-state index contributed by atoms with van der Waals surface area (Å²) in [7, 11) is -2.52. The van der Waals surface area contributed by atoms with Gasteiger partial charge in [-0.3, -0.25) is 0 Å². The van der Waals surface area contributed by atoms with Crippen molar-refractivity contribution < 1.29 is 17.2 Å². The molecule has 0 aromatic heterocycles. The summed E-state index contributed by atoms with van der Waals surface area (Å²) < 4.78 is 55.7. The highest BCUT2D eigenvalue weighted by molar-refractivity contribution is 7.86. The Balaban J connectivity index is 1.83. The molecule has 2 aromatic rings. The molecule has 0 saturated carbocycles. The molecular formula is C17H17ClF2N2O2S. The Bertz CT molecular complexity index is 872. The van der Waals surface area contributed by atoms with Crippen LogP contribution in [0.2, 0.25) is 5.02 Å². The van der Waals surface area contributed by atoms with Gasteiger partial charge in [-0.25, -0.2) is 8.78 Å². The van der Waals surface area contributed by atoms with Crippen molar-refractivity contribution in [2.75, 3.05) is 13.6 Å². The maximum Gasteiger partial charge on any atom is 0.282 e. The summed E-state index contributed by atoms with van der Waals surface area (Å²) in [6.45, 7) is 0.0883. The van der Waals surface area contributed by atoms with Crippen LogP contribution in [0.15, 0.2) is 42.5 Å². The fourth-order valence-corrected chi connectivity index (χ4v) is 4.61. The maximum absolute atomic E-state index is 14.0. The van der Waals surface area contributed by atoms with Crippen molar-refractivity contribution >= 4 is 21.8 Å². The maximum atomic E-state index is 14.0. The quantitative estimate of drug-likeness (QED) is 0.785. The summed E-state index contributed by atoms with van der Waals surface area (Å²) in [4.78, 5) is 0. The van der Waals surface area contributed by atoms with Gasteiger partial charge in [0.25, 0.3) is 10.2 Å². The van der Waals surface area contributed by atoms with Crippen LogP contribution in [0.3, 0.4) is 0 Å². The zero-order chi connectivity index (χ0) is 18.2. The molecule has 0 aliphatic carbocycles. The van der Waals surface area contributed by atoms with Crippen molar-refractivity contribution in [3.63, 3.8) is 0 Å². The van der Waals surface area contributed by atoms with Crippen molar-refractivity contribution in [1.82, 2.24) is 8.61 Å². The van der Waals surface area contributed by atoms with Crippen LogP contribution in [0.4, 0.5) is 8.78 Å². The molecule has 1 aliphatic heterocycles. The lowest BCUT2D eigenvalue weighted by molar-refractivity contribution is 0.183. The third-order valence-electron chi connectivity index (χ3n) is 4.37. The van der Waals surface area contributed by atoms with E-state index in [9.17, 15) is 17.2 Å². The number of hydrogen-bond donors (Lipinski definition) is 0. The number of benzene rings is 2. The number of halogens is 3. The fourth-order valence-electron chi connectivity index (χ4n) is 2.86. The van der Waals surface area contributed by atoms with Gasteiger partial charge in [-0.1, -0.05) is 35.9 Å². The van der Waals surface area contributed by atoms with Gasteiger partial charge in [0, 0.05) is 36.3 Å². The van der Waals surface area contributed by atoms with Crippen LogP contribution in [0, 0.1) is 11.6 Å². The van der Waals surface area contributed by atoms with E-state index in [0.717, 1.165) is 4.31 Å². The van der Waals surface area contributed by atoms with Gasteiger partial charge in [0.15, 0.2) is 0 Å². The number of rotatable bonds is 5. The van der Waals surface area contributed by atoms with Crippen molar-refractivity contribution in [2.24, 2.45) is 0 Å². The molecule has 0 bridgehead atoms. The predicted molar refractivity (Wildman–Crippen MR) is 92.3 cm³/mol. The first-order chi connectivity index (χ1) is 11.8. The zero-order valence-electron chi connectivity index (χ0n) is 13.5. The first-order valence-electron chi connectivity index (χ1n) is 7.73. The molecule has 1 aliphatic rings. The average molecular weight is 387 g/mol. The van der Waals surface area contributed by atoms with Crippen LogP contribution >= 0.6 is 11.6 Å².